The Kier molecular flexibility index (Phi) is 5.47. The average Bonchev–Trinajstić information content (AvgIpc) is 3.25. The summed E-state index contributed by atoms with van der Waals surface area (Å²) in [6.07, 6.45) is 1.61. The Morgan fingerprint density at radius 2 is 1.74 bits per heavy atom. The van der Waals surface area contributed by atoms with E-state index in [1.165, 1.54) is 47.0 Å². The molecule has 5 rings (SSSR count). The van der Waals surface area contributed by atoms with Gasteiger partial charge in [-0.1, -0.05) is 0 Å². The van der Waals surface area contributed by atoms with Crippen LogP contribution in [0.1, 0.15) is 11.4 Å². The molecule has 0 fully saturated rings. The quantitative estimate of drug-likeness (QED) is 0.380. The summed E-state index contributed by atoms with van der Waals surface area (Å²) in [5, 5.41) is 4.52. The molecule has 0 bridgehead atoms. The first kappa shape index (κ1) is 22.2. The molecule has 0 saturated heterocycles. The van der Waals surface area contributed by atoms with E-state index in [4.69, 9.17) is 4.74 Å². The number of hydrogen-bond donors (Lipinski definition) is 0. The average molecular weight is 479 g/mol. The molecule has 4 aromatic heterocycles. The number of fused-ring (bicyclic) bond motifs is 1. The Labute approximate surface area is 195 Å². The van der Waals surface area contributed by atoms with Crippen molar-refractivity contribution in [3.63, 3.8) is 0 Å². The Morgan fingerprint density at radius 1 is 0.971 bits per heavy atom. The summed E-state index contributed by atoms with van der Waals surface area (Å²) in [6.45, 7) is 0.136. The second-order valence-electron chi connectivity index (χ2n) is 7.43. The van der Waals surface area contributed by atoms with E-state index in [0.29, 0.717) is 39.8 Å². The molecule has 0 aliphatic carbocycles. The number of halogens is 3. The maximum Gasteiger partial charge on any atom is 0.416 e. The summed E-state index contributed by atoms with van der Waals surface area (Å²) in [6, 6.07) is 9.25. The second kappa shape index (κ2) is 8.63. The minimum Gasteiger partial charge on any atom is -0.481 e. The largest absolute Gasteiger partial charge is 0.481 e. The fourth-order valence-electron chi connectivity index (χ4n) is 3.52. The van der Waals surface area contributed by atoms with Crippen LogP contribution in [0.3, 0.4) is 0 Å². The van der Waals surface area contributed by atoms with Crippen LogP contribution in [0.15, 0.2) is 72.0 Å². The summed E-state index contributed by atoms with van der Waals surface area (Å²) in [5.41, 5.74) is 0.877. The second-order valence-corrected chi connectivity index (χ2v) is 7.43. The van der Waals surface area contributed by atoms with Crippen molar-refractivity contribution in [3.05, 3.63) is 89.0 Å². The molecule has 4 heterocycles. The van der Waals surface area contributed by atoms with Crippen molar-refractivity contribution in [2.75, 3.05) is 7.11 Å². The van der Waals surface area contributed by atoms with Crippen molar-refractivity contribution >= 4 is 11.2 Å². The van der Waals surface area contributed by atoms with Crippen LogP contribution in [0.2, 0.25) is 0 Å². The first-order valence-electron chi connectivity index (χ1n) is 10.3. The van der Waals surface area contributed by atoms with Gasteiger partial charge in [0, 0.05) is 42.5 Å². The predicted molar refractivity (Wildman–Crippen MR) is 119 cm³/mol. The molecule has 5 aromatic rings. The third-order valence-corrected chi connectivity index (χ3v) is 5.21. The molecule has 12 heteroatoms. The van der Waals surface area contributed by atoms with Gasteiger partial charge in [0.15, 0.2) is 11.5 Å². The molecule has 0 N–H and O–H groups in total. The minimum absolute atomic E-state index is 0.136. The van der Waals surface area contributed by atoms with E-state index >= 15 is 0 Å². The number of methoxy groups -OCH3 is 1. The number of rotatable bonds is 5. The fourth-order valence-corrected chi connectivity index (χ4v) is 3.52. The predicted octanol–water partition coefficient (Wildman–Crippen LogP) is 3.51. The lowest BCUT2D eigenvalue weighted by atomic mass is 10.2. The molecule has 0 radical (unpaired) electrons. The Morgan fingerprint density at radius 3 is 2.46 bits per heavy atom. The molecule has 0 spiro atoms. The van der Waals surface area contributed by atoms with Gasteiger partial charge in [-0.25, -0.2) is 19.6 Å². The topological polar surface area (TPSA) is 101 Å². The first-order chi connectivity index (χ1) is 16.8. The van der Waals surface area contributed by atoms with Gasteiger partial charge in [-0.3, -0.25) is 4.79 Å². The van der Waals surface area contributed by atoms with Gasteiger partial charge >= 0.3 is 6.18 Å². The van der Waals surface area contributed by atoms with E-state index in [-0.39, 0.29) is 12.1 Å². The normalized spacial score (nSPS) is 11.7. The van der Waals surface area contributed by atoms with E-state index in [1.807, 2.05) is 0 Å². The summed E-state index contributed by atoms with van der Waals surface area (Å²) >= 11 is 0. The molecular formula is C23H16F3N7O2. The summed E-state index contributed by atoms with van der Waals surface area (Å²) < 4.78 is 46.8. The fraction of sp³-hybridized carbons (Fsp3) is 0.130. The van der Waals surface area contributed by atoms with Crippen LogP contribution in [0, 0.1) is 0 Å². The van der Waals surface area contributed by atoms with Crippen molar-refractivity contribution in [2.24, 2.45) is 0 Å². The number of hydrogen-bond acceptors (Lipinski definition) is 7. The van der Waals surface area contributed by atoms with Crippen molar-refractivity contribution in [1.29, 1.82) is 0 Å². The standard InChI is InChI=1S/C23H16F3N7O2/c1-35-18-6-8-27-17(30-18)13-32-11-7-14(12-19(32)34)20-21-22(29-10-9-28-21)33(31-20)16-4-2-15(3-5-16)23(24,25)26/h2-12H,13H2,1H3. The highest BCUT2D eigenvalue weighted by Gasteiger charge is 2.30. The van der Waals surface area contributed by atoms with Crippen LogP contribution in [-0.4, -0.2) is 41.4 Å². The van der Waals surface area contributed by atoms with Crippen molar-refractivity contribution in [1.82, 2.24) is 34.3 Å². The first-order valence-corrected chi connectivity index (χ1v) is 10.3. The maximum absolute atomic E-state index is 13.0. The molecule has 9 nitrogen and oxygen atoms in total. The molecular weight excluding hydrogens is 463 g/mol. The van der Waals surface area contributed by atoms with Crippen LogP contribution in [0.25, 0.3) is 28.1 Å². The number of alkyl halides is 3. The van der Waals surface area contributed by atoms with Gasteiger partial charge in [0.2, 0.25) is 5.88 Å². The molecule has 0 aliphatic heterocycles. The van der Waals surface area contributed by atoms with E-state index in [2.05, 4.69) is 25.0 Å². The molecule has 176 valence electrons. The van der Waals surface area contributed by atoms with Crippen molar-refractivity contribution in [3.8, 4) is 22.8 Å². The van der Waals surface area contributed by atoms with Gasteiger partial charge in [-0.05, 0) is 30.3 Å². The van der Waals surface area contributed by atoms with E-state index in [0.717, 1.165) is 12.1 Å². The lowest BCUT2D eigenvalue weighted by Crippen LogP contribution is -2.20. The van der Waals surface area contributed by atoms with Crippen LogP contribution in [0.4, 0.5) is 13.2 Å². The zero-order chi connectivity index (χ0) is 24.6. The van der Waals surface area contributed by atoms with Gasteiger partial charge in [-0.2, -0.15) is 23.3 Å². The summed E-state index contributed by atoms with van der Waals surface area (Å²) in [5.74, 6) is 0.792. The molecule has 0 unspecified atom stereocenters. The molecule has 0 aliphatic rings. The summed E-state index contributed by atoms with van der Waals surface area (Å²) in [4.78, 5) is 29.8. The molecule has 0 saturated carbocycles. The zero-order valence-electron chi connectivity index (χ0n) is 18.1. The SMILES string of the molecule is COc1ccnc(Cn2ccc(-c3nn(-c4ccc(C(F)(F)F)cc4)c4nccnc34)cc2=O)n1. The van der Waals surface area contributed by atoms with Gasteiger partial charge in [0.1, 0.15) is 11.2 Å². The zero-order valence-corrected chi connectivity index (χ0v) is 18.1. The highest BCUT2D eigenvalue weighted by atomic mass is 19.4. The monoisotopic (exact) mass is 479 g/mol. The van der Waals surface area contributed by atoms with Gasteiger partial charge < -0.3 is 9.30 Å². The van der Waals surface area contributed by atoms with E-state index < -0.39 is 11.7 Å². The third-order valence-electron chi connectivity index (χ3n) is 5.21. The number of nitrogens with zero attached hydrogens (tertiary/aromatic N) is 7. The molecule has 0 atom stereocenters. The van der Waals surface area contributed by atoms with Crippen LogP contribution >= 0.6 is 0 Å². The number of aromatic nitrogens is 7. The van der Waals surface area contributed by atoms with E-state index in [1.54, 1.807) is 24.5 Å². The van der Waals surface area contributed by atoms with Crippen molar-refractivity contribution in [2.45, 2.75) is 12.7 Å². The highest BCUT2D eigenvalue weighted by Crippen LogP contribution is 2.31. The smallest absolute Gasteiger partial charge is 0.416 e. The van der Waals surface area contributed by atoms with Gasteiger partial charge in [0.25, 0.3) is 5.56 Å². The van der Waals surface area contributed by atoms with Crippen molar-refractivity contribution < 1.29 is 17.9 Å². The Hall–Kier alpha value is -4.61. The number of pyridine rings is 1. The lowest BCUT2D eigenvalue weighted by molar-refractivity contribution is -0.137. The molecule has 0 amide bonds. The highest BCUT2D eigenvalue weighted by molar-refractivity contribution is 5.88. The Bertz CT molecular complexity index is 1580. The van der Waals surface area contributed by atoms with Crippen LogP contribution in [-0.2, 0) is 12.7 Å². The van der Waals surface area contributed by atoms with Crippen LogP contribution < -0.4 is 10.3 Å². The van der Waals surface area contributed by atoms with Gasteiger partial charge in [-0.15, -0.1) is 0 Å². The number of benzene rings is 1. The maximum atomic E-state index is 13.0. The van der Waals surface area contributed by atoms with Gasteiger partial charge in [0.05, 0.1) is 24.9 Å². The molecule has 35 heavy (non-hydrogen) atoms. The number of ether oxygens (including phenoxy) is 1. The Balaban J connectivity index is 1.53. The minimum atomic E-state index is -4.45. The lowest BCUT2D eigenvalue weighted by Gasteiger charge is -2.08. The third kappa shape index (κ3) is 4.33. The van der Waals surface area contributed by atoms with E-state index in [9.17, 15) is 18.0 Å². The summed E-state index contributed by atoms with van der Waals surface area (Å²) in [7, 11) is 1.49. The van der Waals surface area contributed by atoms with Crippen LogP contribution in [0.5, 0.6) is 5.88 Å². The molecule has 1 aromatic carbocycles.